The SMILES string of the molecule is NC(=O)c1cccc(Nc2ccccc2S(=O)(Br)(Br)C(F)(F)C(F)(F)C(F)(F)F)c1. The Bertz CT molecular complexity index is 1050. The Hall–Kier alpha value is -1.67. The Morgan fingerprint density at radius 3 is 2.03 bits per heavy atom. The van der Waals surface area contributed by atoms with Crippen LogP contribution >= 0.6 is 29.6 Å². The molecular formula is C16H11Br2F7N2O2S. The van der Waals surface area contributed by atoms with Gasteiger partial charge in [-0.05, 0) is 30.3 Å². The van der Waals surface area contributed by atoms with Crippen molar-refractivity contribution in [1.29, 1.82) is 0 Å². The number of benzene rings is 2. The van der Waals surface area contributed by atoms with E-state index in [0.29, 0.717) is 6.07 Å². The first-order chi connectivity index (χ1) is 13.4. The number of anilines is 2. The molecule has 0 aliphatic carbocycles. The van der Waals surface area contributed by atoms with Gasteiger partial charge in [0.1, 0.15) is 0 Å². The number of halogens is 9. The number of carbonyl (C=O) groups excluding carboxylic acids is 1. The summed E-state index contributed by atoms with van der Waals surface area (Å²) >= 11 is 3.94. The summed E-state index contributed by atoms with van der Waals surface area (Å²) in [6, 6.07) is 9.09. The lowest BCUT2D eigenvalue weighted by molar-refractivity contribution is -0.331. The quantitative estimate of drug-likeness (QED) is 0.316. The number of primary amides is 1. The Labute approximate surface area is 179 Å². The van der Waals surface area contributed by atoms with Gasteiger partial charge in [-0.2, -0.15) is 30.7 Å². The number of nitrogens with two attached hydrogens (primary N) is 1. The van der Waals surface area contributed by atoms with Crippen molar-refractivity contribution in [2.45, 2.75) is 22.2 Å². The van der Waals surface area contributed by atoms with Gasteiger partial charge in [-0.25, -0.2) is 0 Å². The molecule has 0 bridgehead atoms. The maximum atomic E-state index is 14.5. The number of hydrogen-bond donors (Lipinski definition) is 2. The van der Waals surface area contributed by atoms with Crippen LogP contribution in [0.25, 0.3) is 0 Å². The Morgan fingerprint density at radius 2 is 1.50 bits per heavy atom. The van der Waals surface area contributed by atoms with Crippen LogP contribution in [0.3, 0.4) is 0 Å². The van der Waals surface area contributed by atoms with Crippen LogP contribution < -0.4 is 11.1 Å². The summed E-state index contributed by atoms with van der Waals surface area (Å²) in [6.45, 7) is 0. The summed E-state index contributed by atoms with van der Waals surface area (Å²) in [5.74, 6) is -14.1. The summed E-state index contributed by atoms with van der Waals surface area (Å²) in [5, 5.41) is -3.68. The van der Waals surface area contributed by atoms with Crippen molar-refractivity contribution in [2.75, 3.05) is 5.32 Å². The van der Waals surface area contributed by atoms with Gasteiger partial charge in [0.2, 0.25) is 5.91 Å². The zero-order chi connectivity index (χ0) is 23.2. The molecule has 0 spiro atoms. The predicted molar refractivity (Wildman–Crippen MR) is 105 cm³/mol. The number of alkyl halides is 7. The average Bonchev–Trinajstić information content (AvgIpc) is 2.60. The molecule has 0 saturated carbocycles. The van der Waals surface area contributed by atoms with E-state index in [0.717, 1.165) is 12.1 Å². The van der Waals surface area contributed by atoms with E-state index in [1.807, 2.05) is 29.6 Å². The average molecular weight is 588 g/mol. The molecule has 3 N–H and O–H groups in total. The third-order valence-electron chi connectivity index (χ3n) is 3.83. The lowest BCUT2D eigenvalue weighted by atomic mass is 10.2. The minimum Gasteiger partial charge on any atom is -0.366 e. The molecule has 0 aromatic heterocycles. The van der Waals surface area contributed by atoms with Crippen LogP contribution in [-0.4, -0.2) is 27.5 Å². The fraction of sp³-hybridized carbons (Fsp3) is 0.188. The molecule has 2 aromatic carbocycles. The van der Waals surface area contributed by atoms with Gasteiger partial charge in [0.25, 0.3) is 0 Å². The molecule has 0 radical (unpaired) electrons. The van der Waals surface area contributed by atoms with Crippen LogP contribution in [0.1, 0.15) is 10.4 Å². The highest BCUT2D eigenvalue weighted by Gasteiger charge is 2.82. The van der Waals surface area contributed by atoms with Gasteiger partial charge in [-0.3, -0.25) is 9.00 Å². The van der Waals surface area contributed by atoms with Gasteiger partial charge in [0.05, 0.1) is 16.5 Å². The van der Waals surface area contributed by atoms with Gasteiger partial charge in [0.15, 0.2) is 0 Å². The van der Waals surface area contributed by atoms with Crippen molar-refractivity contribution < 1.29 is 39.7 Å². The Balaban J connectivity index is 2.66. The molecule has 0 fully saturated rings. The van der Waals surface area contributed by atoms with Crippen LogP contribution in [0.4, 0.5) is 42.1 Å². The molecule has 0 heterocycles. The molecule has 4 nitrogen and oxygen atoms in total. The second kappa shape index (κ2) is 7.48. The van der Waals surface area contributed by atoms with Crippen molar-refractivity contribution >= 4 is 52.8 Å². The van der Waals surface area contributed by atoms with Crippen molar-refractivity contribution in [3.05, 3.63) is 54.1 Å². The van der Waals surface area contributed by atoms with E-state index in [2.05, 4.69) is 5.32 Å². The minimum absolute atomic E-state index is 0.0123. The number of amides is 1. The summed E-state index contributed by atoms with van der Waals surface area (Å²) in [6.07, 6.45) is -6.70. The molecular weight excluding hydrogens is 577 g/mol. The smallest absolute Gasteiger partial charge is 0.366 e. The summed E-state index contributed by atoms with van der Waals surface area (Å²) < 4.78 is 107. The molecule has 2 aromatic rings. The topological polar surface area (TPSA) is 72.2 Å². The first kappa shape index (κ1) is 24.6. The Kier molecular flexibility index (Phi) is 6.13. The molecule has 0 aliphatic rings. The van der Waals surface area contributed by atoms with Gasteiger partial charge < -0.3 is 11.1 Å². The fourth-order valence-corrected chi connectivity index (χ4v) is 6.81. The highest BCUT2D eigenvalue weighted by Crippen LogP contribution is 2.68. The van der Waals surface area contributed by atoms with E-state index in [1.165, 1.54) is 30.3 Å². The molecule has 14 heteroatoms. The summed E-state index contributed by atoms with van der Waals surface area (Å²) in [5.41, 5.74) is 4.65. The minimum atomic E-state index is -6.70. The standard InChI is InChI=1S/C16H11Br2F7N2O2S/c17-30(18,29,16(24,25)14(19,20)15(21,22)23)12-7-2-1-6-11(12)27-10-5-3-4-9(8-10)13(26)28/h1-8,27H,(H2,26,28). The zero-order valence-corrected chi connectivity index (χ0v) is 18.3. The highest BCUT2D eigenvalue weighted by molar-refractivity contribution is 9.86. The molecule has 0 atom stereocenters. The van der Waals surface area contributed by atoms with Gasteiger partial charge >= 0.3 is 17.4 Å². The largest absolute Gasteiger partial charge is 0.461 e. The zero-order valence-electron chi connectivity index (χ0n) is 14.3. The third-order valence-corrected chi connectivity index (χ3v) is 10.6. The van der Waals surface area contributed by atoms with Crippen molar-refractivity contribution in [3.8, 4) is 0 Å². The van der Waals surface area contributed by atoms with E-state index >= 15 is 0 Å². The summed E-state index contributed by atoms with van der Waals surface area (Å²) in [7, 11) is 0. The van der Waals surface area contributed by atoms with Crippen LogP contribution in [0.15, 0.2) is 53.4 Å². The predicted octanol–water partition coefficient (Wildman–Crippen LogP) is 6.12. The molecule has 0 aliphatic heterocycles. The fourth-order valence-electron chi connectivity index (χ4n) is 2.29. The molecule has 166 valence electrons. The molecule has 1 amide bonds. The lowest BCUT2D eigenvalue weighted by Crippen LogP contribution is -2.60. The van der Waals surface area contributed by atoms with Crippen LogP contribution in [-0.2, 0) is 5.93 Å². The van der Waals surface area contributed by atoms with Crippen LogP contribution in [0, 0.1) is 0 Å². The van der Waals surface area contributed by atoms with E-state index in [4.69, 9.17) is 5.73 Å². The van der Waals surface area contributed by atoms with E-state index in [-0.39, 0.29) is 11.3 Å². The van der Waals surface area contributed by atoms with Crippen molar-refractivity contribution in [2.24, 2.45) is 5.73 Å². The van der Waals surface area contributed by atoms with E-state index < -0.39 is 39.8 Å². The monoisotopic (exact) mass is 586 g/mol. The molecule has 30 heavy (non-hydrogen) atoms. The number of nitrogens with one attached hydrogen (secondary N) is 1. The maximum absolute atomic E-state index is 14.5. The van der Waals surface area contributed by atoms with Crippen molar-refractivity contribution in [3.63, 3.8) is 0 Å². The second-order valence-electron chi connectivity index (χ2n) is 5.92. The third kappa shape index (κ3) is 3.96. The number of para-hydroxylation sites is 1. The van der Waals surface area contributed by atoms with Crippen LogP contribution in [0.5, 0.6) is 0 Å². The first-order valence-electron chi connectivity index (χ1n) is 7.60. The first-order valence-corrected chi connectivity index (χ1v) is 13.2. The highest BCUT2D eigenvalue weighted by atomic mass is 79.9. The van der Waals surface area contributed by atoms with E-state index in [1.54, 1.807) is 0 Å². The lowest BCUT2D eigenvalue weighted by Gasteiger charge is -2.42. The number of carbonyl (C=O) groups is 1. The second-order valence-corrected chi connectivity index (χ2v) is 18.4. The maximum Gasteiger partial charge on any atom is 0.461 e. The summed E-state index contributed by atoms with van der Waals surface area (Å²) in [4.78, 5) is 10.2. The van der Waals surface area contributed by atoms with Gasteiger partial charge in [0, 0.05) is 40.9 Å². The van der Waals surface area contributed by atoms with Crippen LogP contribution in [0.2, 0.25) is 0 Å². The molecule has 0 saturated heterocycles. The van der Waals surface area contributed by atoms with Gasteiger partial charge in [-0.1, -0.05) is 18.2 Å². The number of rotatable bonds is 6. The Morgan fingerprint density at radius 1 is 0.933 bits per heavy atom. The normalized spacial score (nSPS) is 14.6. The molecule has 2 rings (SSSR count). The van der Waals surface area contributed by atoms with Gasteiger partial charge in [-0.15, -0.1) is 0 Å². The van der Waals surface area contributed by atoms with Crippen molar-refractivity contribution in [1.82, 2.24) is 0 Å². The van der Waals surface area contributed by atoms with E-state index in [9.17, 15) is 39.7 Å². The number of hydrogen-bond acceptors (Lipinski definition) is 3. The molecule has 0 unspecified atom stereocenters.